The molecule has 0 radical (unpaired) electrons. The number of carbonyl (C=O) groups is 1. The first-order valence-corrected chi connectivity index (χ1v) is 7.88. The summed E-state index contributed by atoms with van der Waals surface area (Å²) < 4.78 is 15.6. The van der Waals surface area contributed by atoms with Crippen molar-refractivity contribution in [3.05, 3.63) is 35.9 Å². The number of carbonyl (C=O) groups excluding carboxylic acids is 1. The van der Waals surface area contributed by atoms with Crippen LogP contribution in [0.2, 0.25) is 0 Å². The number of methoxy groups -OCH3 is 2. The third-order valence-electron chi connectivity index (χ3n) is 3.83. The topological polar surface area (TPSA) is 63.2 Å². The van der Waals surface area contributed by atoms with E-state index in [2.05, 4.69) is 9.62 Å². The summed E-state index contributed by atoms with van der Waals surface area (Å²) in [5.74, 6) is -1.02. The highest BCUT2D eigenvalue weighted by molar-refractivity contribution is 5.89. The molecule has 1 atom stereocenters. The lowest BCUT2D eigenvalue weighted by atomic mass is 10.2. The third-order valence-corrected chi connectivity index (χ3v) is 3.83. The molecule has 1 saturated carbocycles. The van der Waals surface area contributed by atoms with Gasteiger partial charge in [-0.15, -0.1) is 0 Å². The summed E-state index contributed by atoms with van der Waals surface area (Å²) >= 11 is 0. The highest BCUT2D eigenvalue weighted by atomic mass is 17.2. The van der Waals surface area contributed by atoms with Gasteiger partial charge in [-0.05, 0) is 45.7 Å². The van der Waals surface area contributed by atoms with Crippen LogP contribution < -0.4 is 0 Å². The van der Waals surface area contributed by atoms with Crippen molar-refractivity contribution < 1.29 is 28.8 Å². The van der Waals surface area contributed by atoms with Gasteiger partial charge in [-0.25, -0.2) is 14.6 Å². The SMILES string of the molecule is COC(=O)c1ccccc1.COOC(C)(C)OC(C)C1(OC)CC1. The fraction of sp³-hybridized carbons (Fsp3) is 0.611. The third kappa shape index (κ3) is 6.20. The molecule has 0 heterocycles. The lowest BCUT2D eigenvalue weighted by Crippen LogP contribution is -2.39. The van der Waals surface area contributed by atoms with Crippen LogP contribution in [-0.4, -0.2) is 44.8 Å². The summed E-state index contributed by atoms with van der Waals surface area (Å²) in [5.41, 5.74) is 0.485. The summed E-state index contributed by atoms with van der Waals surface area (Å²) in [6.45, 7) is 5.63. The van der Waals surface area contributed by atoms with Crippen LogP contribution in [0.5, 0.6) is 0 Å². The van der Waals surface area contributed by atoms with Gasteiger partial charge < -0.3 is 14.2 Å². The molecule has 0 bridgehead atoms. The second kappa shape index (κ2) is 9.13. The van der Waals surface area contributed by atoms with Gasteiger partial charge in [0.05, 0.1) is 31.5 Å². The predicted octanol–water partition coefficient (Wildman–Crippen LogP) is 3.36. The predicted molar refractivity (Wildman–Crippen MR) is 89.5 cm³/mol. The molecule has 1 unspecified atom stereocenters. The Balaban J connectivity index is 0.000000254. The van der Waals surface area contributed by atoms with Crippen molar-refractivity contribution in [1.29, 1.82) is 0 Å². The van der Waals surface area contributed by atoms with Crippen molar-refractivity contribution >= 4 is 5.97 Å². The number of hydrogen-bond donors (Lipinski definition) is 0. The van der Waals surface area contributed by atoms with E-state index in [0.29, 0.717) is 5.56 Å². The average Bonchev–Trinajstić information content (AvgIpc) is 3.36. The molecule has 1 fully saturated rings. The molecule has 1 aliphatic rings. The molecule has 24 heavy (non-hydrogen) atoms. The van der Waals surface area contributed by atoms with Crippen LogP contribution in [0.15, 0.2) is 30.3 Å². The van der Waals surface area contributed by atoms with Gasteiger partial charge in [-0.2, -0.15) is 0 Å². The zero-order valence-corrected chi connectivity index (χ0v) is 15.3. The van der Waals surface area contributed by atoms with Crippen molar-refractivity contribution in [2.75, 3.05) is 21.3 Å². The molecule has 0 spiro atoms. The summed E-state index contributed by atoms with van der Waals surface area (Å²) in [5, 5.41) is 0. The molecule has 2 rings (SSSR count). The van der Waals surface area contributed by atoms with Crippen molar-refractivity contribution in [1.82, 2.24) is 0 Å². The monoisotopic (exact) mass is 340 g/mol. The fourth-order valence-electron chi connectivity index (χ4n) is 2.35. The Morgan fingerprint density at radius 1 is 1.12 bits per heavy atom. The van der Waals surface area contributed by atoms with E-state index in [1.165, 1.54) is 14.2 Å². The van der Waals surface area contributed by atoms with Gasteiger partial charge in [0.25, 0.3) is 0 Å². The summed E-state index contributed by atoms with van der Waals surface area (Å²) in [7, 11) is 4.56. The zero-order valence-electron chi connectivity index (χ0n) is 15.3. The minimum atomic E-state index is -0.734. The molecule has 0 N–H and O–H groups in total. The second-order valence-electron chi connectivity index (χ2n) is 6.04. The first kappa shape index (κ1) is 20.6. The highest BCUT2D eigenvalue weighted by Crippen LogP contribution is 2.44. The van der Waals surface area contributed by atoms with Gasteiger partial charge in [-0.3, -0.25) is 0 Å². The Hall–Kier alpha value is -1.47. The van der Waals surface area contributed by atoms with E-state index in [1.54, 1.807) is 31.4 Å². The first-order valence-electron chi connectivity index (χ1n) is 7.88. The first-order chi connectivity index (χ1) is 11.3. The van der Waals surface area contributed by atoms with Gasteiger partial charge in [0.2, 0.25) is 0 Å². The minimum Gasteiger partial charge on any atom is -0.465 e. The van der Waals surface area contributed by atoms with E-state index >= 15 is 0 Å². The van der Waals surface area contributed by atoms with E-state index in [1.807, 2.05) is 26.8 Å². The number of ether oxygens (including phenoxy) is 3. The van der Waals surface area contributed by atoms with Crippen molar-refractivity contribution in [3.63, 3.8) is 0 Å². The molecule has 0 saturated heterocycles. The Bertz CT molecular complexity index is 495. The number of benzene rings is 1. The minimum absolute atomic E-state index is 0.0117. The van der Waals surface area contributed by atoms with Gasteiger partial charge in [0.15, 0.2) is 5.79 Å². The lowest BCUT2D eigenvalue weighted by Gasteiger charge is -2.31. The maximum Gasteiger partial charge on any atom is 0.337 e. The number of rotatable bonds is 7. The maximum atomic E-state index is 10.8. The summed E-state index contributed by atoms with van der Waals surface area (Å²) in [6, 6.07) is 8.88. The Labute approximate surface area is 143 Å². The van der Waals surface area contributed by atoms with E-state index in [4.69, 9.17) is 14.4 Å². The van der Waals surface area contributed by atoms with Crippen LogP contribution >= 0.6 is 0 Å². The molecule has 136 valence electrons. The van der Waals surface area contributed by atoms with Gasteiger partial charge in [0, 0.05) is 7.11 Å². The van der Waals surface area contributed by atoms with Crippen LogP contribution in [0.25, 0.3) is 0 Å². The molecule has 1 aromatic carbocycles. The molecule has 1 aliphatic carbocycles. The summed E-state index contributed by atoms with van der Waals surface area (Å²) in [4.78, 5) is 20.4. The fourth-order valence-corrected chi connectivity index (χ4v) is 2.35. The molecule has 6 heteroatoms. The lowest BCUT2D eigenvalue weighted by molar-refractivity contribution is -0.416. The van der Waals surface area contributed by atoms with Crippen molar-refractivity contribution in [2.45, 2.75) is 51.1 Å². The van der Waals surface area contributed by atoms with E-state index in [0.717, 1.165) is 12.8 Å². The van der Waals surface area contributed by atoms with Crippen LogP contribution in [0.1, 0.15) is 44.0 Å². The second-order valence-corrected chi connectivity index (χ2v) is 6.04. The summed E-state index contributed by atoms with van der Waals surface area (Å²) in [6.07, 6.45) is 2.11. The smallest absolute Gasteiger partial charge is 0.337 e. The molecule has 0 aromatic heterocycles. The number of esters is 1. The molecular weight excluding hydrogens is 312 g/mol. The molecule has 1 aromatic rings. The molecular formula is C18H28O6. The van der Waals surface area contributed by atoms with Gasteiger partial charge in [-0.1, -0.05) is 18.2 Å². The van der Waals surface area contributed by atoms with E-state index < -0.39 is 5.79 Å². The van der Waals surface area contributed by atoms with Gasteiger partial charge in [0.1, 0.15) is 0 Å². The van der Waals surface area contributed by atoms with Crippen LogP contribution in [0, 0.1) is 0 Å². The average molecular weight is 340 g/mol. The van der Waals surface area contributed by atoms with Gasteiger partial charge >= 0.3 is 5.97 Å². The molecule has 0 aliphatic heterocycles. The van der Waals surface area contributed by atoms with Crippen LogP contribution in [-0.2, 0) is 24.0 Å². The highest BCUT2D eigenvalue weighted by Gasteiger charge is 2.50. The van der Waals surface area contributed by atoms with Crippen molar-refractivity contribution in [2.24, 2.45) is 0 Å². The van der Waals surface area contributed by atoms with Crippen molar-refractivity contribution in [3.8, 4) is 0 Å². The number of hydrogen-bond acceptors (Lipinski definition) is 6. The van der Waals surface area contributed by atoms with E-state index in [9.17, 15) is 4.79 Å². The Morgan fingerprint density at radius 3 is 2.12 bits per heavy atom. The largest absolute Gasteiger partial charge is 0.465 e. The normalized spacial score (nSPS) is 16.6. The standard InChI is InChI=1S/C10H20O4.C8H8O2/c1-8(10(11-4)6-7-10)13-9(2,3)14-12-5;1-10-8(9)7-5-3-2-4-6-7/h8H,6-7H2,1-5H3;2-6H,1H3. The Morgan fingerprint density at radius 2 is 1.71 bits per heavy atom. The quantitative estimate of drug-likeness (QED) is 0.328. The van der Waals surface area contributed by atoms with Crippen LogP contribution in [0.4, 0.5) is 0 Å². The zero-order chi connectivity index (χ0) is 18.2. The maximum absolute atomic E-state index is 10.8. The molecule has 6 nitrogen and oxygen atoms in total. The van der Waals surface area contributed by atoms with E-state index in [-0.39, 0.29) is 17.7 Å². The Kier molecular flexibility index (Phi) is 7.83. The molecule has 0 amide bonds. The van der Waals surface area contributed by atoms with Crippen LogP contribution in [0.3, 0.4) is 0 Å².